The summed E-state index contributed by atoms with van der Waals surface area (Å²) in [5, 5.41) is 4.34. The molecule has 2 N–H and O–H groups in total. The highest BCUT2D eigenvalue weighted by atomic mass is 16.1. The van der Waals surface area contributed by atoms with Crippen molar-refractivity contribution in [3.05, 3.63) is 71.9 Å². The van der Waals surface area contributed by atoms with Crippen LogP contribution in [0.4, 0.5) is 0 Å². The molecule has 24 heavy (non-hydrogen) atoms. The Bertz CT molecular complexity index is 792. The van der Waals surface area contributed by atoms with Crippen molar-refractivity contribution in [1.29, 1.82) is 0 Å². The van der Waals surface area contributed by atoms with E-state index >= 15 is 0 Å². The molecular formula is C21H24N2O. The topological polar surface area (TPSA) is 44.9 Å². The number of aromatic nitrogens is 1. The largest absolute Gasteiger partial charge is 0.361 e. The summed E-state index contributed by atoms with van der Waals surface area (Å²) < 4.78 is 0. The summed E-state index contributed by atoms with van der Waals surface area (Å²) in [6, 6.07) is 18.5. The number of H-pyrrole nitrogens is 1. The van der Waals surface area contributed by atoms with Crippen LogP contribution in [0.1, 0.15) is 24.5 Å². The molecule has 3 nitrogen and oxygen atoms in total. The van der Waals surface area contributed by atoms with Crippen molar-refractivity contribution < 1.29 is 4.79 Å². The van der Waals surface area contributed by atoms with Crippen LogP contribution in [0.5, 0.6) is 0 Å². The van der Waals surface area contributed by atoms with Gasteiger partial charge in [0, 0.05) is 30.1 Å². The summed E-state index contributed by atoms with van der Waals surface area (Å²) in [5.41, 5.74) is 3.70. The molecular weight excluding hydrogens is 296 g/mol. The van der Waals surface area contributed by atoms with Crippen LogP contribution < -0.4 is 5.32 Å². The van der Waals surface area contributed by atoms with Crippen LogP contribution >= 0.6 is 0 Å². The number of aromatic amines is 1. The van der Waals surface area contributed by atoms with E-state index in [0.29, 0.717) is 18.9 Å². The zero-order valence-electron chi connectivity index (χ0n) is 14.1. The maximum Gasteiger partial charge on any atom is 0.220 e. The number of benzene rings is 2. The molecule has 3 heteroatoms. The van der Waals surface area contributed by atoms with E-state index in [4.69, 9.17) is 0 Å². The Morgan fingerprint density at radius 1 is 1.08 bits per heavy atom. The lowest BCUT2D eigenvalue weighted by molar-refractivity contribution is -0.121. The second kappa shape index (κ2) is 7.82. The van der Waals surface area contributed by atoms with Gasteiger partial charge in [0.25, 0.3) is 0 Å². The predicted molar refractivity (Wildman–Crippen MR) is 98.9 cm³/mol. The minimum Gasteiger partial charge on any atom is -0.361 e. The van der Waals surface area contributed by atoms with Gasteiger partial charge in [-0.25, -0.2) is 0 Å². The van der Waals surface area contributed by atoms with E-state index in [0.717, 1.165) is 12.8 Å². The first-order valence-corrected chi connectivity index (χ1v) is 8.58. The minimum atomic E-state index is 0.129. The number of rotatable bonds is 7. The molecule has 0 aliphatic heterocycles. The summed E-state index contributed by atoms with van der Waals surface area (Å²) in [6.07, 6.45) is 4.38. The van der Waals surface area contributed by atoms with Crippen molar-refractivity contribution >= 4 is 16.8 Å². The minimum absolute atomic E-state index is 0.129. The molecule has 3 aromatic rings. The van der Waals surface area contributed by atoms with Crippen molar-refractivity contribution in [1.82, 2.24) is 10.3 Å². The molecule has 1 unspecified atom stereocenters. The second-order valence-corrected chi connectivity index (χ2v) is 6.46. The van der Waals surface area contributed by atoms with Crippen molar-refractivity contribution in [3.8, 4) is 0 Å². The third kappa shape index (κ3) is 4.25. The lowest BCUT2D eigenvalue weighted by Gasteiger charge is -2.12. The summed E-state index contributed by atoms with van der Waals surface area (Å²) >= 11 is 0. The van der Waals surface area contributed by atoms with Crippen molar-refractivity contribution in [2.45, 2.75) is 26.2 Å². The third-order valence-electron chi connectivity index (χ3n) is 4.37. The van der Waals surface area contributed by atoms with Gasteiger partial charge in [-0.1, -0.05) is 55.5 Å². The first kappa shape index (κ1) is 16.3. The number of hydrogen-bond acceptors (Lipinski definition) is 1. The molecule has 0 radical (unpaired) electrons. The van der Waals surface area contributed by atoms with Crippen LogP contribution in [0.25, 0.3) is 10.9 Å². The molecule has 1 atom stereocenters. The molecule has 1 heterocycles. The summed E-state index contributed by atoms with van der Waals surface area (Å²) in [6.45, 7) is 2.90. The zero-order valence-corrected chi connectivity index (χ0v) is 14.1. The van der Waals surface area contributed by atoms with Gasteiger partial charge in [-0.05, 0) is 36.0 Å². The highest BCUT2D eigenvalue weighted by molar-refractivity contribution is 5.83. The Morgan fingerprint density at radius 2 is 1.83 bits per heavy atom. The Kier molecular flexibility index (Phi) is 5.32. The molecule has 3 rings (SSSR count). The smallest absolute Gasteiger partial charge is 0.220 e. The Hall–Kier alpha value is -2.55. The van der Waals surface area contributed by atoms with E-state index in [1.54, 1.807) is 0 Å². The van der Waals surface area contributed by atoms with Crippen molar-refractivity contribution in [3.63, 3.8) is 0 Å². The summed E-state index contributed by atoms with van der Waals surface area (Å²) in [5.74, 6) is 0.537. The first-order valence-electron chi connectivity index (χ1n) is 8.58. The number of fused-ring (bicyclic) bond motifs is 1. The fraction of sp³-hybridized carbons (Fsp3) is 0.286. The maximum absolute atomic E-state index is 12.0. The van der Waals surface area contributed by atoms with Crippen LogP contribution in [0.15, 0.2) is 60.8 Å². The number of para-hydroxylation sites is 1. The molecule has 2 aromatic carbocycles. The van der Waals surface area contributed by atoms with E-state index < -0.39 is 0 Å². The lowest BCUT2D eigenvalue weighted by atomic mass is 10.0. The van der Waals surface area contributed by atoms with Gasteiger partial charge in [0.2, 0.25) is 5.91 Å². The van der Waals surface area contributed by atoms with Gasteiger partial charge in [0.1, 0.15) is 0 Å². The molecule has 0 aliphatic carbocycles. The Balaban J connectivity index is 1.45. The average Bonchev–Trinajstić information content (AvgIpc) is 3.02. The highest BCUT2D eigenvalue weighted by Gasteiger charge is 2.10. The van der Waals surface area contributed by atoms with E-state index in [1.807, 2.05) is 24.3 Å². The number of hydrogen-bond donors (Lipinski definition) is 2. The fourth-order valence-corrected chi connectivity index (χ4v) is 3.03. The number of nitrogens with one attached hydrogen (secondary N) is 2. The Morgan fingerprint density at radius 3 is 2.67 bits per heavy atom. The standard InChI is InChI=1S/C21H24N2O/c1-16(13-18-15-22-20-10-6-5-9-19(18)20)14-23-21(24)12-11-17-7-3-2-4-8-17/h2-10,15-16,22H,11-14H2,1H3,(H,23,24). The van der Waals surface area contributed by atoms with E-state index in [9.17, 15) is 4.79 Å². The number of aryl methyl sites for hydroxylation is 1. The van der Waals surface area contributed by atoms with Crippen LogP contribution in [-0.4, -0.2) is 17.4 Å². The van der Waals surface area contributed by atoms with Gasteiger partial charge in [-0.2, -0.15) is 0 Å². The quantitative estimate of drug-likeness (QED) is 0.676. The van der Waals surface area contributed by atoms with Crippen molar-refractivity contribution in [2.24, 2.45) is 5.92 Å². The molecule has 1 amide bonds. The highest BCUT2D eigenvalue weighted by Crippen LogP contribution is 2.20. The fourth-order valence-electron chi connectivity index (χ4n) is 3.03. The molecule has 124 valence electrons. The molecule has 0 bridgehead atoms. The second-order valence-electron chi connectivity index (χ2n) is 6.46. The van der Waals surface area contributed by atoms with Gasteiger partial charge in [-0.15, -0.1) is 0 Å². The first-order chi connectivity index (χ1) is 11.7. The van der Waals surface area contributed by atoms with Crippen LogP contribution in [-0.2, 0) is 17.6 Å². The molecule has 0 aliphatic rings. The van der Waals surface area contributed by atoms with Gasteiger partial charge in [0.15, 0.2) is 0 Å². The molecule has 0 fully saturated rings. The number of carbonyl (C=O) groups is 1. The monoisotopic (exact) mass is 320 g/mol. The molecule has 0 saturated heterocycles. The van der Waals surface area contributed by atoms with Gasteiger partial charge >= 0.3 is 0 Å². The van der Waals surface area contributed by atoms with E-state index in [2.05, 4.69) is 53.8 Å². The van der Waals surface area contributed by atoms with Crippen LogP contribution in [0, 0.1) is 5.92 Å². The van der Waals surface area contributed by atoms with E-state index in [1.165, 1.54) is 22.0 Å². The van der Waals surface area contributed by atoms with Gasteiger partial charge < -0.3 is 10.3 Å². The average molecular weight is 320 g/mol. The summed E-state index contributed by atoms with van der Waals surface area (Å²) in [7, 11) is 0. The third-order valence-corrected chi connectivity index (χ3v) is 4.37. The number of carbonyl (C=O) groups excluding carboxylic acids is 1. The predicted octanol–water partition coefficient (Wildman–Crippen LogP) is 4.10. The van der Waals surface area contributed by atoms with Crippen molar-refractivity contribution in [2.75, 3.05) is 6.54 Å². The van der Waals surface area contributed by atoms with Gasteiger partial charge in [0.05, 0.1) is 0 Å². The normalized spacial score (nSPS) is 12.2. The zero-order chi connectivity index (χ0) is 16.8. The van der Waals surface area contributed by atoms with Crippen LogP contribution in [0.2, 0.25) is 0 Å². The van der Waals surface area contributed by atoms with Crippen LogP contribution in [0.3, 0.4) is 0 Å². The SMILES string of the molecule is CC(CNC(=O)CCc1ccccc1)Cc1c[nH]c2ccccc12. The summed E-state index contributed by atoms with van der Waals surface area (Å²) in [4.78, 5) is 15.3. The molecule has 0 saturated carbocycles. The molecule has 1 aromatic heterocycles. The van der Waals surface area contributed by atoms with E-state index in [-0.39, 0.29) is 5.91 Å². The lowest BCUT2D eigenvalue weighted by Crippen LogP contribution is -2.29. The molecule has 0 spiro atoms. The maximum atomic E-state index is 12.0. The van der Waals surface area contributed by atoms with Gasteiger partial charge in [-0.3, -0.25) is 4.79 Å². The Labute approximate surface area is 143 Å². The number of amides is 1.